The molecule has 1 N–H and O–H groups in total. The molecule has 4 nitrogen and oxygen atoms in total. The number of pyridine rings is 1. The molecule has 0 aliphatic rings. The fourth-order valence-electron chi connectivity index (χ4n) is 2.54. The molecule has 5 heteroatoms. The van der Waals surface area contributed by atoms with E-state index < -0.39 is 11.7 Å². The van der Waals surface area contributed by atoms with E-state index in [2.05, 4.69) is 10.3 Å². The highest BCUT2D eigenvalue weighted by Gasteiger charge is 2.11. The van der Waals surface area contributed by atoms with E-state index in [0.29, 0.717) is 13.0 Å². The zero-order valence-corrected chi connectivity index (χ0v) is 12.2. The average Bonchev–Trinajstić information content (AvgIpc) is 2.85. The number of rotatable bonds is 4. The Balaban J connectivity index is 1.68. The maximum absolute atomic E-state index is 13.5. The van der Waals surface area contributed by atoms with Crippen molar-refractivity contribution < 1.29 is 9.18 Å². The monoisotopic (exact) mass is 297 g/mol. The first-order valence-corrected chi connectivity index (χ1v) is 7.08. The van der Waals surface area contributed by atoms with Crippen LogP contribution in [0.1, 0.15) is 15.9 Å². The van der Waals surface area contributed by atoms with Crippen LogP contribution in [0, 0.1) is 5.82 Å². The van der Waals surface area contributed by atoms with E-state index in [4.69, 9.17) is 0 Å². The molecule has 0 atom stereocenters. The van der Waals surface area contributed by atoms with Gasteiger partial charge in [-0.05, 0) is 36.2 Å². The van der Waals surface area contributed by atoms with Gasteiger partial charge in [-0.3, -0.25) is 4.79 Å². The summed E-state index contributed by atoms with van der Waals surface area (Å²) in [6.45, 7) is 0.446. The lowest BCUT2D eigenvalue weighted by molar-refractivity contribution is 0.0950. The van der Waals surface area contributed by atoms with Crippen LogP contribution >= 0.6 is 0 Å². The van der Waals surface area contributed by atoms with Crippen LogP contribution in [0.15, 0.2) is 48.8 Å². The summed E-state index contributed by atoms with van der Waals surface area (Å²) in [6.07, 6.45) is 4.43. The molecule has 0 saturated carbocycles. The van der Waals surface area contributed by atoms with Crippen molar-refractivity contribution >= 4 is 16.9 Å². The molecule has 0 aliphatic heterocycles. The SMILES string of the molecule is Cn1cc(CCNC(=O)c2ccccc2F)c2cccnc21. The van der Waals surface area contributed by atoms with Crippen LogP contribution in [0.25, 0.3) is 11.0 Å². The van der Waals surface area contributed by atoms with Crippen molar-refractivity contribution in [1.29, 1.82) is 0 Å². The van der Waals surface area contributed by atoms with Gasteiger partial charge >= 0.3 is 0 Å². The van der Waals surface area contributed by atoms with Crippen molar-refractivity contribution in [2.24, 2.45) is 7.05 Å². The fraction of sp³-hybridized carbons (Fsp3) is 0.176. The van der Waals surface area contributed by atoms with E-state index in [1.165, 1.54) is 12.1 Å². The van der Waals surface area contributed by atoms with Crippen LogP contribution in [0.2, 0.25) is 0 Å². The number of halogens is 1. The first-order chi connectivity index (χ1) is 10.7. The maximum Gasteiger partial charge on any atom is 0.254 e. The molecule has 1 aromatic carbocycles. The molecule has 0 aliphatic carbocycles. The summed E-state index contributed by atoms with van der Waals surface area (Å²) in [4.78, 5) is 16.3. The number of aromatic nitrogens is 2. The Morgan fingerprint density at radius 2 is 2.09 bits per heavy atom. The first kappa shape index (κ1) is 14.3. The molecule has 1 amide bonds. The van der Waals surface area contributed by atoms with Gasteiger partial charge in [0.25, 0.3) is 5.91 Å². The second kappa shape index (κ2) is 5.97. The van der Waals surface area contributed by atoms with Crippen LogP contribution in [0.3, 0.4) is 0 Å². The molecule has 0 fully saturated rings. The molecule has 2 heterocycles. The first-order valence-electron chi connectivity index (χ1n) is 7.08. The quantitative estimate of drug-likeness (QED) is 0.805. The normalized spacial score (nSPS) is 10.8. The minimum absolute atomic E-state index is 0.0714. The van der Waals surface area contributed by atoms with Crippen molar-refractivity contribution in [2.45, 2.75) is 6.42 Å². The summed E-state index contributed by atoms with van der Waals surface area (Å²) in [7, 11) is 1.94. The van der Waals surface area contributed by atoms with Gasteiger partial charge in [-0.15, -0.1) is 0 Å². The molecule has 2 aromatic heterocycles. The van der Waals surface area contributed by atoms with Crippen LogP contribution < -0.4 is 5.32 Å². The minimum atomic E-state index is -0.505. The number of nitrogens with one attached hydrogen (secondary N) is 1. The van der Waals surface area contributed by atoms with Crippen LogP contribution in [-0.4, -0.2) is 22.0 Å². The van der Waals surface area contributed by atoms with Crippen LogP contribution in [0.4, 0.5) is 4.39 Å². The van der Waals surface area contributed by atoms with Gasteiger partial charge in [-0.1, -0.05) is 12.1 Å². The number of aryl methyl sites for hydroxylation is 1. The Hall–Kier alpha value is -2.69. The van der Waals surface area contributed by atoms with Crippen molar-refractivity contribution in [3.8, 4) is 0 Å². The third kappa shape index (κ3) is 2.70. The van der Waals surface area contributed by atoms with Gasteiger partial charge in [0.15, 0.2) is 0 Å². The summed E-state index contributed by atoms with van der Waals surface area (Å²) in [5, 5.41) is 3.83. The number of benzene rings is 1. The lowest BCUT2D eigenvalue weighted by Crippen LogP contribution is -2.26. The molecule has 3 rings (SSSR count). The second-order valence-corrected chi connectivity index (χ2v) is 5.13. The highest BCUT2D eigenvalue weighted by atomic mass is 19.1. The van der Waals surface area contributed by atoms with Gasteiger partial charge in [0.05, 0.1) is 5.56 Å². The number of hydrogen-bond acceptors (Lipinski definition) is 2. The lowest BCUT2D eigenvalue weighted by Gasteiger charge is -2.05. The molecule has 0 unspecified atom stereocenters. The number of carbonyl (C=O) groups excluding carboxylic acids is 1. The molecule has 0 bridgehead atoms. The molecule has 22 heavy (non-hydrogen) atoms. The van der Waals surface area contributed by atoms with E-state index in [0.717, 1.165) is 16.6 Å². The van der Waals surface area contributed by atoms with Gasteiger partial charge < -0.3 is 9.88 Å². The number of hydrogen-bond donors (Lipinski definition) is 1. The lowest BCUT2D eigenvalue weighted by atomic mass is 10.1. The van der Waals surface area contributed by atoms with Gasteiger partial charge in [-0.25, -0.2) is 9.37 Å². The van der Waals surface area contributed by atoms with Gasteiger partial charge in [0.1, 0.15) is 11.5 Å². The number of amides is 1. The molecule has 0 radical (unpaired) electrons. The largest absolute Gasteiger partial charge is 0.352 e. The average molecular weight is 297 g/mol. The molecule has 3 aromatic rings. The highest BCUT2D eigenvalue weighted by molar-refractivity contribution is 5.94. The van der Waals surface area contributed by atoms with E-state index in [9.17, 15) is 9.18 Å². The number of carbonyl (C=O) groups is 1. The highest BCUT2D eigenvalue weighted by Crippen LogP contribution is 2.18. The van der Waals surface area contributed by atoms with Crippen molar-refractivity contribution in [3.05, 3.63) is 65.7 Å². The van der Waals surface area contributed by atoms with E-state index in [1.54, 1.807) is 18.3 Å². The van der Waals surface area contributed by atoms with Crippen molar-refractivity contribution in [2.75, 3.05) is 6.54 Å². The Morgan fingerprint density at radius 1 is 1.27 bits per heavy atom. The smallest absolute Gasteiger partial charge is 0.254 e. The summed E-state index contributed by atoms with van der Waals surface area (Å²) in [6, 6.07) is 9.88. The molecule has 112 valence electrons. The van der Waals surface area contributed by atoms with E-state index >= 15 is 0 Å². The predicted octanol–water partition coefficient (Wildman–Crippen LogP) is 2.68. The molecular formula is C17H16FN3O. The minimum Gasteiger partial charge on any atom is -0.352 e. The predicted molar refractivity (Wildman–Crippen MR) is 83.2 cm³/mol. The summed E-state index contributed by atoms with van der Waals surface area (Å²) in [5.74, 6) is -0.897. The third-order valence-corrected chi connectivity index (χ3v) is 3.61. The Labute approximate surface area is 127 Å². The summed E-state index contributed by atoms with van der Waals surface area (Å²) in [5.41, 5.74) is 2.10. The summed E-state index contributed by atoms with van der Waals surface area (Å²) >= 11 is 0. The second-order valence-electron chi connectivity index (χ2n) is 5.13. The zero-order chi connectivity index (χ0) is 15.5. The summed E-state index contributed by atoms with van der Waals surface area (Å²) < 4.78 is 15.5. The molecule has 0 spiro atoms. The van der Waals surface area contributed by atoms with E-state index in [1.807, 2.05) is 29.9 Å². The topological polar surface area (TPSA) is 46.9 Å². The Kier molecular flexibility index (Phi) is 3.87. The van der Waals surface area contributed by atoms with Crippen LogP contribution in [-0.2, 0) is 13.5 Å². The fourth-order valence-corrected chi connectivity index (χ4v) is 2.54. The van der Waals surface area contributed by atoms with Gasteiger partial charge in [0.2, 0.25) is 0 Å². The maximum atomic E-state index is 13.5. The third-order valence-electron chi connectivity index (χ3n) is 3.61. The van der Waals surface area contributed by atoms with Crippen molar-refractivity contribution in [1.82, 2.24) is 14.9 Å². The Morgan fingerprint density at radius 3 is 2.91 bits per heavy atom. The molecular weight excluding hydrogens is 281 g/mol. The van der Waals surface area contributed by atoms with Gasteiger partial charge in [0, 0.05) is 31.4 Å². The van der Waals surface area contributed by atoms with Crippen LogP contribution in [0.5, 0.6) is 0 Å². The number of fused-ring (bicyclic) bond motifs is 1. The zero-order valence-electron chi connectivity index (χ0n) is 12.2. The van der Waals surface area contributed by atoms with Gasteiger partial charge in [-0.2, -0.15) is 0 Å². The standard InChI is InChI=1S/C17H16FN3O/c1-21-11-12(13-6-4-9-19-16(13)21)8-10-20-17(22)14-5-2-3-7-15(14)18/h2-7,9,11H,8,10H2,1H3,(H,20,22). The number of nitrogens with zero attached hydrogens (tertiary/aromatic N) is 2. The van der Waals surface area contributed by atoms with Crippen molar-refractivity contribution in [3.63, 3.8) is 0 Å². The van der Waals surface area contributed by atoms with E-state index in [-0.39, 0.29) is 5.56 Å². The Bertz CT molecular complexity index is 826. The molecule has 0 saturated heterocycles.